The fraction of sp³-hybridized carbons (Fsp3) is 0.400. The minimum Gasteiger partial charge on any atom is -0.493 e. The van der Waals surface area contributed by atoms with E-state index in [1.54, 1.807) is 0 Å². The van der Waals surface area contributed by atoms with Crippen LogP contribution in [0.1, 0.15) is 17.0 Å². The van der Waals surface area contributed by atoms with Gasteiger partial charge >= 0.3 is 6.61 Å². The third-order valence-corrected chi connectivity index (χ3v) is 5.53. The highest BCUT2D eigenvalue weighted by molar-refractivity contribution is 7.89. The first-order valence-electron chi connectivity index (χ1n) is 7.17. The second kappa shape index (κ2) is 7.36. The summed E-state index contributed by atoms with van der Waals surface area (Å²) in [5.74, 6) is 0.154. The van der Waals surface area contributed by atoms with Crippen molar-refractivity contribution in [2.45, 2.75) is 31.9 Å². The highest BCUT2D eigenvalue weighted by atomic mass is 32.2. The molecule has 2 aromatic rings. The molecule has 1 aromatic heterocycles. The first-order valence-corrected chi connectivity index (χ1v) is 8.61. The number of hydrogen-bond donors (Lipinski definition) is 0. The summed E-state index contributed by atoms with van der Waals surface area (Å²) in [4.78, 5) is 0.0135. The molecule has 0 amide bonds. The molecule has 0 aliphatic carbocycles. The first kappa shape index (κ1) is 19.1. The number of methoxy groups -OCH3 is 1. The Morgan fingerprint density at radius 2 is 1.96 bits per heavy atom. The van der Waals surface area contributed by atoms with Gasteiger partial charge in [-0.2, -0.15) is 13.1 Å². The van der Waals surface area contributed by atoms with Gasteiger partial charge in [-0.15, -0.1) is 0 Å². The molecule has 0 bridgehead atoms. The molecule has 0 spiro atoms. The number of aromatic nitrogens is 1. The van der Waals surface area contributed by atoms with E-state index < -0.39 is 16.6 Å². The number of hydrogen-bond acceptors (Lipinski definition) is 6. The lowest BCUT2D eigenvalue weighted by molar-refractivity contribution is -0.0512. The summed E-state index contributed by atoms with van der Waals surface area (Å²) in [5.41, 5.74) is 0.805. The van der Waals surface area contributed by atoms with Crippen molar-refractivity contribution < 1.29 is 31.2 Å². The summed E-state index contributed by atoms with van der Waals surface area (Å²) < 4.78 is 65.4. The molecule has 0 radical (unpaired) electrons. The Hall–Kier alpha value is -2.20. The van der Waals surface area contributed by atoms with Gasteiger partial charge in [-0.1, -0.05) is 11.2 Å². The summed E-state index contributed by atoms with van der Waals surface area (Å²) in [6, 6.07) is 4.23. The highest BCUT2D eigenvalue weighted by Gasteiger charge is 2.28. The van der Waals surface area contributed by atoms with Crippen molar-refractivity contribution in [3.8, 4) is 11.5 Å². The average Bonchev–Trinajstić information content (AvgIpc) is 2.87. The van der Waals surface area contributed by atoms with E-state index in [2.05, 4.69) is 9.89 Å². The van der Waals surface area contributed by atoms with E-state index >= 15 is 0 Å². The largest absolute Gasteiger partial charge is 0.493 e. The van der Waals surface area contributed by atoms with E-state index in [4.69, 9.17) is 9.26 Å². The predicted octanol–water partition coefficient (Wildman–Crippen LogP) is 2.72. The Morgan fingerprint density at radius 1 is 1.28 bits per heavy atom. The second-order valence-electron chi connectivity index (χ2n) is 5.28. The normalized spacial score (nSPS) is 12.0. The van der Waals surface area contributed by atoms with E-state index in [1.165, 1.54) is 46.2 Å². The number of benzene rings is 1. The molecule has 2 rings (SSSR count). The van der Waals surface area contributed by atoms with Gasteiger partial charge in [0.15, 0.2) is 17.3 Å². The fourth-order valence-corrected chi connectivity index (χ4v) is 3.79. The zero-order valence-electron chi connectivity index (χ0n) is 14.1. The molecule has 0 aliphatic heterocycles. The number of nitrogens with zero attached hydrogens (tertiary/aromatic N) is 2. The second-order valence-corrected chi connectivity index (χ2v) is 7.26. The Balaban J connectivity index is 2.27. The van der Waals surface area contributed by atoms with Gasteiger partial charge in [0, 0.05) is 13.6 Å². The summed E-state index contributed by atoms with van der Waals surface area (Å²) in [5, 5.41) is 3.65. The zero-order valence-corrected chi connectivity index (χ0v) is 14.9. The van der Waals surface area contributed by atoms with Crippen LogP contribution >= 0.6 is 0 Å². The van der Waals surface area contributed by atoms with Crippen molar-refractivity contribution in [2.24, 2.45) is 0 Å². The maximum atomic E-state index is 12.7. The van der Waals surface area contributed by atoms with Crippen LogP contribution in [0.2, 0.25) is 0 Å². The molecule has 0 N–H and O–H groups in total. The number of rotatable bonds is 7. The van der Waals surface area contributed by atoms with Crippen LogP contribution in [0.15, 0.2) is 27.6 Å². The maximum Gasteiger partial charge on any atom is 0.387 e. The third-order valence-electron chi connectivity index (χ3n) is 3.49. The Morgan fingerprint density at radius 3 is 2.48 bits per heavy atom. The minimum atomic E-state index is -3.82. The SMILES string of the molecule is COc1cc(CN(C)S(=O)(=O)c2c(C)noc2C)ccc1OC(F)F. The topological polar surface area (TPSA) is 81.9 Å². The molecule has 25 heavy (non-hydrogen) atoms. The van der Waals surface area contributed by atoms with Gasteiger partial charge in [0.25, 0.3) is 0 Å². The predicted molar refractivity (Wildman–Crippen MR) is 84.3 cm³/mol. The van der Waals surface area contributed by atoms with Gasteiger partial charge in [-0.05, 0) is 31.5 Å². The summed E-state index contributed by atoms with van der Waals surface area (Å²) >= 11 is 0. The average molecular weight is 376 g/mol. The Kier molecular flexibility index (Phi) is 5.63. The molecule has 1 heterocycles. The van der Waals surface area contributed by atoms with E-state index in [0.29, 0.717) is 5.56 Å². The molecule has 0 unspecified atom stereocenters. The number of alkyl halides is 2. The van der Waals surface area contributed by atoms with Crippen molar-refractivity contribution in [3.63, 3.8) is 0 Å². The summed E-state index contributed by atoms with van der Waals surface area (Å²) in [7, 11) is -1.11. The van der Waals surface area contributed by atoms with Crippen LogP contribution in [-0.4, -0.2) is 38.6 Å². The summed E-state index contributed by atoms with van der Waals surface area (Å²) in [6.07, 6.45) is 0. The number of halogens is 2. The smallest absolute Gasteiger partial charge is 0.387 e. The van der Waals surface area contributed by atoms with E-state index in [1.807, 2.05) is 0 Å². The number of sulfonamides is 1. The van der Waals surface area contributed by atoms with E-state index in [0.717, 1.165) is 4.31 Å². The molecule has 1 aromatic carbocycles. The fourth-order valence-electron chi connectivity index (χ4n) is 2.34. The molecule has 0 saturated heterocycles. The van der Waals surface area contributed by atoms with Crippen LogP contribution < -0.4 is 9.47 Å². The molecule has 138 valence electrons. The van der Waals surface area contributed by atoms with Gasteiger partial charge in [0.2, 0.25) is 10.0 Å². The van der Waals surface area contributed by atoms with Gasteiger partial charge < -0.3 is 14.0 Å². The molecule has 10 heteroatoms. The molecule has 0 atom stereocenters. The third kappa shape index (κ3) is 4.07. The first-order chi connectivity index (χ1) is 11.7. The number of aryl methyl sites for hydroxylation is 2. The quantitative estimate of drug-likeness (QED) is 0.739. The van der Waals surface area contributed by atoms with Crippen LogP contribution in [0.25, 0.3) is 0 Å². The monoisotopic (exact) mass is 376 g/mol. The maximum absolute atomic E-state index is 12.7. The van der Waals surface area contributed by atoms with E-state index in [-0.39, 0.29) is 34.4 Å². The molecule has 0 fully saturated rings. The Labute approximate surface area is 144 Å². The lowest BCUT2D eigenvalue weighted by Crippen LogP contribution is -2.27. The summed E-state index contributed by atoms with van der Waals surface area (Å²) in [6.45, 7) is 0.0663. The lowest BCUT2D eigenvalue weighted by atomic mass is 10.2. The Bertz CT molecular complexity index is 832. The van der Waals surface area contributed by atoms with Crippen molar-refractivity contribution in [2.75, 3.05) is 14.2 Å². The highest BCUT2D eigenvalue weighted by Crippen LogP contribution is 2.31. The lowest BCUT2D eigenvalue weighted by Gasteiger charge is -2.18. The molecule has 7 nitrogen and oxygen atoms in total. The van der Waals surface area contributed by atoms with Gasteiger partial charge in [0.05, 0.1) is 7.11 Å². The zero-order chi connectivity index (χ0) is 18.8. The van der Waals surface area contributed by atoms with E-state index in [9.17, 15) is 17.2 Å². The molecule has 0 aliphatic rings. The molecular weight excluding hydrogens is 358 g/mol. The van der Waals surface area contributed by atoms with Crippen LogP contribution in [0.4, 0.5) is 8.78 Å². The van der Waals surface area contributed by atoms with Crippen LogP contribution in [0, 0.1) is 13.8 Å². The van der Waals surface area contributed by atoms with Gasteiger partial charge in [-0.25, -0.2) is 8.42 Å². The van der Waals surface area contributed by atoms with Crippen LogP contribution in [0.5, 0.6) is 11.5 Å². The minimum absolute atomic E-state index is 0.00227. The van der Waals surface area contributed by atoms with Crippen molar-refractivity contribution >= 4 is 10.0 Å². The van der Waals surface area contributed by atoms with Gasteiger partial charge in [0.1, 0.15) is 10.6 Å². The van der Waals surface area contributed by atoms with Crippen molar-refractivity contribution in [1.82, 2.24) is 9.46 Å². The van der Waals surface area contributed by atoms with Crippen LogP contribution in [0.3, 0.4) is 0 Å². The van der Waals surface area contributed by atoms with Crippen molar-refractivity contribution in [3.05, 3.63) is 35.2 Å². The number of ether oxygens (including phenoxy) is 2. The van der Waals surface area contributed by atoms with Crippen LogP contribution in [-0.2, 0) is 16.6 Å². The standard InChI is InChI=1S/C15H18F2N2O5S/c1-9-14(10(2)24-18-9)25(20,21)19(3)8-11-5-6-12(23-15(16)17)13(7-11)22-4/h5-7,15H,8H2,1-4H3. The van der Waals surface area contributed by atoms with Gasteiger partial charge in [-0.3, -0.25) is 0 Å². The van der Waals surface area contributed by atoms with Crippen molar-refractivity contribution in [1.29, 1.82) is 0 Å². The molecular formula is C15H18F2N2O5S. The molecule has 0 saturated carbocycles.